The minimum Gasteiger partial charge on any atom is -0.291 e. The van der Waals surface area contributed by atoms with Gasteiger partial charge in [0.05, 0.1) is 0 Å². The highest BCUT2D eigenvalue weighted by Gasteiger charge is 2.29. The third kappa shape index (κ3) is 3.91. The standard InChI is InChI=1S/C14H22N4O/c1-9-5-11(8-14(3,4)7-9)17-18-13-15-10(2)6-12(19)16-13/h6,9H,5,7-8H2,1-4H3,(H2,15,16,18,19)/b17-11-/t9-/m0/s1. The zero-order valence-corrected chi connectivity index (χ0v) is 12.1. The Morgan fingerprint density at radius 3 is 2.89 bits per heavy atom. The third-order valence-corrected chi connectivity index (χ3v) is 3.36. The summed E-state index contributed by atoms with van der Waals surface area (Å²) >= 11 is 0. The summed E-state index contributed by atoms with van der Waals surface area (Å²) in [5, 5.41) is 4.42. The van der Waals surface area contributed by atoms with Crippen LogP contribution in [0.25, 0.3) is 0 Å². The molecule has 1 atom stereocenters. The van der Waals surface area contributed by atoms with Crippen LogP contribution in [0, 0.1) is 18.3 Å². The van der Waals surface area contributed by atoms with Crippen molar-refractivity contribution in [2.24, 2.45) is 16.4 Å². The van der Waals surface area contributed by atoms with Crippen LogP contribution in [-0.4, -0.2) is 15.7 Å². The van der Waals surface area contributed by atoms with Crippen molar-refractivity contribution in [3.05, 3.63) is 22.1 Å². The molecule has 0 spiro atoms. The highest BCUT2D eigenvalue weighted by atomic mass is 16.1. The molecule has 1 fully saturated rings. The van der Waals surface area contributed by atoms with E-state index in [2.05, 4.69) is 41.3 Å². The number of nitrogens with one attached hydrogen (secondary N) is 2. The lowest BCUT2D eigenvalue weighted by atomic mass is 9.72. The van der Waals surface area contributed by atoms with E-state index >= 15 is 0 Å². The van der Waals surface area contributed by atoms with Crippen molar-refractivity contribution in [1.82, 2.24) is 9.97 Å². The van der Waals surface area contributed by atoms with Crippen molar-refractivity contribution in [1.29, 1.82) is 0 Å². The van der Waals surface area contributed by atoms with Gasteiger partial charge >= 0.3 is 0 Å². The summed E-state index contributed by atoms with van der Waals surface area (Å²) < 4.78 is 0. The smallest absolute Gasteiger partial charge is 0.252 e. The Balaban J connectivity index is 2.11. The maximum atomic E-state index is 11.3. The molecule has 0 amide bonds. The van der Waals surface area contributed by atoms with E-state index in [0.29, 0.717) is 23.0 Å². The first kappa shape index (κ1) is 13.8. The molecule has 0 unspecified atom stereocenters. The van der Waals surface area contributed by atoms with E-state index in [4.69, 9.17) is 0 Å². The molecular formula is C14H22N4O. The Morgan fingerprint density at radius 1 is 1.53 bits per heavy atom. The fraction of sp³-hybridized carbons (Fsp3) is 0.643. The number of nitrogens with zero attached hydrogens (tertiary/aromatic N) is 2. The van der Waals surface area contributed by atoms with Gasteiger partial charge < -0.3 is 0 Å². The zero-order chi connectivity index (χ0) is 14.0. The van der Waals surface area contributed by atoms with Crippen LogP contribution in [0.15, 0.2) is 16.0 Å². The second kappa shape index (κ2) is 5.15. The van der Waals surface area contributed by atoms with Gasteiger partial charge in [-0.1, -0.05) is 20.8 Å². The summed E-state index contributed by atoms with van der Waals surface area (Å²) in [5.74, 6) is 1.06. The lowest BCUT2D eigenvalue weighted by Gasteiger charge is -2.34. The highest BCUT2D eigenvalue weighted by Crippen LogP contribution is 2.36. The third-order valence-electron chi connectivity index (χ3n) is 3.36. The van der Waals surface area contributed by atoms with Gasteiger partial charge in [0.25, 0.3) is 5.56 Å². The van der Waals surface area contributed by atoms with Gasteiger partial charge in [-0.3, -0.25) is 9.78 Å². The van der Waals surface area contributed by atoms with Gasteiger partial charge in [-0.05, 0) is 37.5 Å². The van der Waals surface area contributed by atoms with Gasteiger partial charge in [-0.2, -0.15) is 5.10 Å². The number of hydrogen-bond acceptors (Lipinski definition) is 4. The number of H-pyrrole nitrogens is 1. The number of hydrazone groups is 1. The maximum Gasteiger partial charge on any atom is 0.252 e. The summed E-state index contributed by atoms with van der Waals surface area (Å²) in [6, 6.07) is 1.46. The molecule has 104 valence electrons. The van der Waals surface area contributed by atoms with Crippen molar-refractivity contribution in [2.45, 2.75) is 47.0 Å². The Labute approximate surface area is 113 Å². The number of aromatic nitrogens is 2. The van der Waals surface area contributed by atoms with Gasteiger partial charge in [-0.25, -0.2) is 10.4 Å². The summed E-state index contributed by atoms with van der Waals surface area (Å²) in [6.45, 7) is 8.58. The molecule has 19 heavy (non-hydrogen) atoms. The fourth-order valence-electron chi connectivity index (χ4n) is 2.96. The minimum atomic E-state index is -0.160. The van der Waals surface area contributed by atoms with Crippen LogP contribution >= 0.6 is 0 Å². The highest BCUT2D eigenvalue weighted by molar-refractivity contribution is 5.86. The van der Waals surface area contributed by atoms with Gasteiger partial charge in [0.15, 0.2) is 0 Å². The Morgan fingerprint density at radius 2 is 2.26 bits per heavy atom. The van der Waals surface area contributed by atoms with E-state index in [1.807, 2.05) is 0 Å². The van der Waals surface area contributed by atoms with Crippen molar-refractivity contribution < 1.29 is 0 Å². The average molecular weight is 262 g/mol. The summed E-state index contributed by atoms with van der Waals surface area (Å²) in [4.78, 5) is 18.2. The van der Waals surface area contributed by atoms with E-state index in [0.717, 1.165) is 18.6 Å². The zero-order valence-electron chi connectivity index (χ0n) is 12.1. The van der Waals surface area contributed by atoms with Crippen LogP contribution in [0.3, 0.4) is 0 Å². The largest absolute Gasteiger partial charge is 0.291 e. The molecule has 1 aromatic rings. The van der Waals surface area contributed by atoms with Gasteiger partial charge in [0, 0.05) is 17.5 Å². The average Bonchev–Trinajstić information content (AvgIpc) is 2.22. The van der Waals surface area contributed by atoms with Crippen LogP contribution in [0.4, 0.5) is 5.95 Å². The molecule has 0 radical (unpaired) electrons. The number of aromatic amines is 1. The lowest BCUT2D eigenvalue weighted by molar-refractivity contribution is 0.266. The van der Waals surface area contributed by atoms with Crippen LogP contribution in [-0.2, 0) is 0 Å². The molecule has 2 rings (SSSR count). The molecule has 1 aliphatic carbocycles. The Bertz CT molecular complexity index is 545. The minimum absolute atomic E-state index is 0.160. The second-order valence-corrected chi connectivity index (χ2v) is 6.38. The molecule has 1 aromatic heterocycles. The summed E-state index contributed by atoms with van der Waals surface area (Å²) in [7, 11) is 0. The molecule has 5 nitrogen and oxygen atoms in total. The fourth-order valence-corrected chi connectivity index (χ4v) is 2.96. The molecular weight excluding hydrogens is 240 g/mol. The Kier molecular flexibility index (Phi) is 3.73. The van der Waals surface area contributed by atoms with Crippen molar-refractivity contribution in [2.75, 3.05) is 5.43 Å². The van der Waals surface area contributed by atoms with Crippen LogP contribution < -0.4 is 11.0 Å². The first-order valence-electron chi connectivity index (χ1n) is 6.73. The maximum absolute atomic E-state index is 11.3. The van der Waals surface area contributed by atoms with E-state index in [-0.39, 0.29) is 5.56 Å². The van der Waals surface area contributed by atoms with E-state index < -0.39 is 0 Å². The molecule has 0 aromatic carbocycles. The first-order valence-corrected chi connectivity index (χ1v) is 6.73. The SMILES string of the molecule is Cc1cc(=O)[nH]c(N/N=C2/C[C@H](C)CC(C)(C)C2)n1. The van der Waals surface area contributed by atoms with Gasteiger partial charge in [0.2, 0.25) is 5.95 Å². The quantitative estimate of drug-likeness (QED) is 0.805. The predicted octanol–water partition coefficient (Wildman–Crippen LogP) is 2.69. The second-order valence-electron chi connectivity index (χ2n) is 6.38. The lowest BCUT2D eigenvalue weighted by Crippen LogP contribution is -2.28. The molecule has 1 heterocycles. The van der Waals surface area contributed by atoms with Crippen molar-refractivity contribution >= 4 is 11.7 Å². The van der Waals surface area contributed by atoms with Crippen LogP contribution in [0.5, 0.6) is 0 Å². The molecule has 5 heteroatoms. The van der Waals surface area contributed by atoms with E-state index in [1.165, 1.54) is 12.5 Å². The summed E-state index contributed by atoms with van der Waals surface area (Å²) in [5.41, 5.74) is 4.84. The van der Waals surface area contributed by atoms with Gasteiger partial charge in [-0.15, -0.1) is 0 Å². The molecule has 2 N–H and O–H groups in total. The topological polar surface area (TPSA) is 70.1 Å². The summed E-state index contributed by atoms with van der Waals surface area (Å²) in [6.07, 6.45) is 3.22. The Hall–Kier alpha value is -1.65. The number of hydrogen-bond donors (Lipinski definition) is 2. The van der Waals surface area contributed by atoms with Gasteiger partial charge in [0.1, 0.15) is 0 Å². The monoisotopic (exact) mass is 262 g/mol. The predicted molar refractivity (Wildman–Crippen MR) is 77.4 cm³/mol. The number of aryl methyl sites for hydroxylation is 1. The van der Waals surface area contributed by atoms with Crippen LogP contribution in [0.2, 0.25) is 0 Å². The van der Waals surface area contributed by atoms with E-state index in [9.17, 15) is 4.79 Å². The van der Waals surface area contributed by atoms with Crippen molar-refractivity contribution in [3.8, 4) is 0 Å². The molecule has 0 bridgehead atoms. The van der Waals surface area contributed by atoms with Crippen LogP contribution in [0.1, 0.15) is 45.7 Å². The molecule has 1 aliphatic rings. The molecule has 0 aliphatic heterocycles. The van der Waals surface area contributed by atoms with E-state index in [1.54, 1.807) is 6.92 Å². The number of rotatable bonds is 2. The molecule has 1 saturated carbocycles. The number of anilines is 1. The first-order chi connectivity index (χ1) is 8.84. The van der Waals surface area contributed by atoms with Crippen molar-refractivity contribution in [3.63, 3.8) is 0 Å². The molecule has 0 saturated heterocycles. The normalized spacial score (nSPS) is 24.4.